The maximum atomic E-state index is 11.4. The number of nitro benzene ring substituents is 1. The average Bonchev–Trinajstić information content (AvgIpc) is 2.46. The maximum Gasteiger partial charge on any atom is 0.293 e. The van der Waals surface area contributed by atoms with Crippen LogP contribution in [-0.4, -0.2) is 26.4 Å². The zero-order valence-corrected chi connectivity index (χ0v) is 13.8. The summed E-state index contributed by atoms with van der Waals surface area (Å²) in [7, 11) is -3.96. The molecule has 0 fully saturated rings. The molecule has 0 aliphatic rings. The Hall–Kier alpha value is -1.67. The Balaban J connectivity index is 3.26. The molecule has 1 aromatic rings. The summed E-state index contributed by atoms with van der Waals surface area (Å²) in [5.74, 6) is 0. The van der Waals surface area contributed by atoms with Gasteiger partial charge >= 0.3 is 0 Å². The Bertz CT molecular complexity index is 609. The highest BCUT2D eigenvalue weighted by Gasteiger charge is 2.22. The molecule has 0 aromatic heterocycles. The van der Waals surface area contributed by atoms with Crippen LogP contribution >= 0.6 is 0 Å². The normalized spacial score (nSPS) is 11.4. The Morgan fingerprint density at radius 3 is 2.14 bits per heavy atom. The molecule has 0 saturated heterocycles. The lowest BCUT2D eigenvalue weighted by Gasteiger charge is -2.24. The number of hydrogen-bond acceptors (Lipinski definition) is 5. The number of nitro groups is 1. The number of nitrogens with zero attached hydrogens (tertiary/aromatic N) is 2. The van der Waals surface area contributed by atoms with Gasteiger partial charge in [0, 0.05) is 19.2 Å². The third-order valence-corrected chi connectivity index (χ3v) is 4.29. The lowest BCUT2D eigenvalue weighted by atomic mass is 10.2. The number of hydrogen-bond donors (Lipinski definition) is 1. The van der Waals surface area contributed by atoms with Gasteiger partial charge in [0.05, 0.1) is 9.82 Å². The minimum atomic E-state index is -3.96. The largest absolute Gasteiger partial charge is 0.366 e. The molecule has 0 aliphatic carbocycles. The lowest BCUT2D eigenvalue weighted by Crippen LogP contribution is -2.26. The number of benzene rings is 1. The zero-order chi connectivity index (χ0) is 16.8. The van der Waals surface area contributed by atoms with E-state index in [9.17, 15) is 18.5 Å². The van der Waals surface area contributed by atoms with E-state index in [4.69, 9.17) is 5.14 Å². The second-order valence-corrected chi connectivity index (χ2v) is 6.71. The highest BCUT2D eigenvalue weighted by atomic mass is 32.2. The smallest absolute Gasteiger partial charge is 0.293 e. The Morgan fingerprint density at radius 2 is 1.73 bits per heavy atom. The van der Waals surface area contributed by atoms with Crippen LogP contribution in [-0.2, 0) is 10.0 Å². The molecular formula is C14H23N3O4S. The van der Waals surface area contributed by atoms with Crippen molar-refractivity contribution in [1.82, 2.24) is 0 Å². The van der Waals surface area contributed by atoms with Crippen molar-refractivity contribution in [3.8, 4) is 0 Å². The Labute approximate surface area is 131 Å². The molecule has 0 aliphatic heterocycles. The monoisotopic (exact) mass is 329 g/mol. The van der Waals surface area contributed by atoms with Crippen LogP contribution in [0.5, 0.6) is 0 Å². The molecule has 22 heavy (non-hydrogen) atoms. The molecule has 0 radical (unpaired) electrons. The van der Waals surface area contributed by atoms with Crippen LogP contribution in [0.25, 0.3) is 0 Å². The van der Waals surface area contributed by atoms with Crippen molar-refractivity contribution < 1.29 is 13.3 Å². The summed E-state index contributed by atoms with van der Waals surface area (Å²) in [4.78, 5) is 12.4. The molecule has 0 saturated carbocycles. The number of primary sulfonamides is 1. The zero-order valence-electron chi connectivity index (χ0n) is 13.0. The van der Waals surface area contributed by atoms with Crippen LogP contribution in [0.1, 0.15) is 39.5 Å². The average molecular weight is 329 g/mol. The Morgan fingerprint density at radius 1 is 1.18 bits per heavy atom. The van der Waals surface area contributed by atoms with Crippen molar-refractivity contribution in [2.45, 2.75) is 44.4 Å². The molecule has 2 N–H and O–H groups in total. The fourth-order valence-corrected chi connectivity index (χ4v) is 2.68. The van der Waals surface area contributed by atoms with Gasteiger partial charge in [-0.1, -0.05) is 26.7 Å². The van der Waals surface area contributed by atoms with E-state index in [-0.39, 0.29) is 10.6 Å². The molecule has 7 nitrogen and oxygen atoms in total. The van der Waals surface area contributed by atoms with Crippen LogP contribution in [0, 0.1) is 10.1 Å². The standard InChI is InChI=1S/C14H23N3O4S/c1-3-5-9-16(10-6-4-2)13-8-7-12(22(15,20)21)11-14(13)17(18)19/h7-8,11H,3-6,9-10H2,1-2H3,(H2,15,20,21). The summed E-state index contributed by atoms with van der Waals surface area (Å²) in [6.45, 7) is 5.51. The fraction of sp³-hybridized carbons (Fsp3) is 0.571. The third-order valence-electron chi connectivity index (χ3n) is 3.38. The molecule has 0 unspecified atom stereocenters. The summed E-state index contributed by atoms with van der Waals surface area (Å²) >= 11 is 0. The van der Waals surface area contributed by atoms with Crippen molar-refractivity contribution in [2.75, 3.05) is 18.0 Å². The summed E-state index contributed by atoms with van der Waals surface area (Å²) in [6, 6.07) is 3.83. The highest BCUT2D eigenvalue weighted by molar-refractivity contribution is 7.89. The highest BCUT2D eigenvalue weighted by Crippen LogP contribution is 2.31. The van der Waals surface area contributed by atoms with Gasteiger partial charge in [-0.25, -0.2) is 13.6 Å². The minimum absolute atomic E-state index is 0.223. The van der Waals surface area contributed by atoms with Crippen LogP contribution < -0.4 is 10.0 Å². The van der Waals surface area contributed by atoms with Crippen LogP contribution in [0.2, 0.25) is 0 Å². The van der Waals surface area contributed by atoms with E-state index in [0.29, 0.717) is 18.8 Å². The first kappa shape index (κ1) is 18.4. The number of unbranched alkanes of at least 4 members (excludes halogenated alkanes) is 2. The number of sulfonamides is 1. The molecule has 1 aromatic carbocycles. The van der Waals surface area contributed by atoms with E-state index in [1.54, 1.807) is 0 Å². The van der Waals surface area contributed by atoms with Gasteiger partial charge in [-0.15, -0.1) is 0 Å². The number of nitrogens with two attached hydrogens (primary N) is 1. The second-order valence-electron chi connectivity index (χ2n) is 5.15. The second kappa shape index (κ2) is 8.09. The van der Waals surface area contributed by atoms with E-state index in [0.717, 1.165) is 31.7 Å². The molecular weight excluding hydrogens is 306 g/mol. The minimum Gasteiger partial charge on any atom is -0.366 e. The first-order valence-electron chi connectivity index (χ1n) is 7.37. The van der Waals surface area contributed by atoms with Crippen molar-refractivity contribution in [3.63, 3.8) is 0 Å². The van der Waals surface area contributed by atoms with Gasteiger partial charge in [0.2, 0.25) is 10.0 Å². The molecule has 0 amide bonds. The van der Waals surface area contributed by atoms with Gasteiger partial charge in [0.25, 0.3) is 5.69 Å². The van der Waals surface area contributed by atoms with Gasteiger partial charge in [-0.3, -0.25) is 10.1 Å². The van der Waals surface area contributed by atoms with E-state index in [1.807, 2.05) is 4.90 Å². The summed E-state index contributed by atoms with van der Waals surface area (Å²) in [5.41, 5.74) is 0.220. The van der Waals surface area contributed by atoms with Gasteiger partial charge in [0.15, 0.2) is 0 Å². The molecule has 0 heterocycles. The molecule has 1 rings (SSSR count). The maximum absolute atomic E-state index is 11.4. The van der Waals surface area contributed by atoms with Gasteiger partial charge < -0.3 is 4.90 Å². The molecule has 0 atom stereocenters. The number of rotatable bonds is 9. The first-order chi connectivity index (χ1) is 10.3. The number of anilines is 1. The van der Waals surface area contributed by atoms with E-state index >= 15 is 0 Å². The summed E-state index contributed by atoms with van der Waals surface area (Å²) in [5, 5.41) is 16.3. The third kappa shape index (κ3) is 4.96. The molecule has 0 spiro atoms. The van der Waals surface area contributed by atoms with Gasteiger partial charge in [-0.05, 0) is 25.0 Å². The van der Waals surface area contributed by atoms with Crippen molar-refractivity contribution >= 4 is 21.4 Å². The lowest BCUT2D eigenvalue weighted by molar-refractivity contribution is -0.384. The summed E-state index contributed by atoms with van der Waals surface area (Å²) in [6.07, 6.45) is 3.78. The predicted octanol–water partition coefficient (Wildman–Crippen LogP) is 2.65. The van der Waals surface area contributed by atoms with E-state index < -0.39 is 14.9 Å². The van der Waals surface area contributed by atoms with Crippen LogP contribution in [0.3, 0.4) is 0 Å². The van der Waals surface area contributed by atoms with Gasteiger partial charge in [0.1, 0.15) is 5.69 Å². The van der Waals surface area contributed by atoms with Crippen molar-refractivity contribution in [3.05, 3.63) is 28.3 Å². The first-order valence-corrected chi connectivity index (χ1v) is 8.92. The summed E-state index contributed by atoms with van der Waals surface area (Å²) < 4.78 is 22.7. The van der Waals surface area contributed by atoms with Crippen LogP contribution in [0.15, 0.2) is 23.1 Å². The van der Waals surface area contributed by atoms with Crippen LogP contribution in [0.4, 0.5) is 11.4 Å². The predicted molar refractivity (Wildman–Crippen MR) is 86.5 cm³/mol. The quantitative estimate of drug-likeness (QED) is 0.553. The molecule has 8 heteroatoms. The SMILES string of the molecule is CCCCN(CCCC)c1ccc(S(N)(=O)=O)cc1[N+](=O)[O-]. The molecule has 0 bridgehead atoms. The fourth-order valence-electron chi connectivity index (χ4n) is 2.14. The van der Waals surface area contributed by atoms with E-state index in [2.05, 4.69) is 13.8 Å². The Kier molecular flexibility index (Phi) is 6.76. The topological polar surface area (TPSA) is 107 Å². The van der Waals surface area contributed by atoms with E-state index in [1.165, 1.54) is 12.1 Å². The van der Waals surface area contributed by atoms with Gasteiger partial charge in [-0.2, -0.15) is 0 Å². The van der Waals surface area contributed by atoms with Crippen molar-refractivity contribution in [1.29, 1.82) is 0 Å². The molecule has 124 valence electrons. The van der Waals surface area contributed by atoms with Crippen molar-refractivity contribution in [2.24, 2.45) is 5.14 Å².